The van der Waals surface area contributed by atoms with Crippen LogP contribution in [0.15, 0.2) is 41.3 Å². The normalized spacial score (nSPS) is 20.0. The topological polar surface area (TPSA) is 107 Å². The number of rotatable bonds is 6. The van der Waals surface area contributed by atoms with Crippen LogP contribution >= 0.6 is 24.0 Å². The fourth-order valence-corrected chi connectivity index (χ4v) is 6.07. The Kier molecular flexibility index (Phi) is 8.93. The van der Waals surface area contributed by atoms with Crippen LogP contribution in [0.4, 0.5) is 10.1 Å². The smallest absolute Gasteiger partial charge is 0.245 e. The molecule has 7 nitrogen and oxygen atoms in total. The Hall–Kier alpha value is -2.04. The zero-order valence-corrected chi connectivity index (χ0v) is 21.3. The number of nitrogens with two attached hydrogens (primary N) is 1. The minimum Gasteiger partial charge on any atom is -0.381 e. The minimum atomic E-state index is -4.06. The number of hydrogen-bond donors (Lipinski definition) is 1. The lowest BCUT2D eigenvalue weighted by atomic mass is 9.92. The SMILES string of the molecule is Cl.N[C@H]1CS(=O)(=O)c2cc(F)c(C(=O)CCC3CCOCC3)cc2N(Cc2ccc(Cl)cc2)C1=O. The van der Waals surface area contributed by atoms with Crippen molar-refractivity contribution in [2.24, 2.45) is 11.7 Å². The molecule has 11 heteroatoms. The molecule has 0 radical (unpaired) electrons. The number of halogens is 3. The summed E-state index contributed by atoms with van der Waals surface area (Å²) in [5.74, 6) is -2.30. The largest absolute Gasteiger partial charge is 0.381 e. The van der Waals surface area contributed by atoms with Crippen molar-refractivity contribution in [3.63, 3.8) is 0 Å². The molecule has 1 amide bonds. The summed E-state index contributed by atoms with van der Waals surface area (Å²) in [5.41, 5.74) is 6.31. The summed E-state index contributed by atoms with van der Waals surface area (Å²) in [4.78, 5) is 26.9. The fourth-order valence-electron chi connectivity index (χ4n) is 4.37. The third-order valence-electron chi connectivity index (χ3n) is 6.33. The van der Waals surface area contributed by atoms with Crippen LogP contribution in [-0.4, -0.2) is 45.1 Å². The summed E-state index contributed by atoms with van der Waals surface area (Å²) in [6, 6.07) is 7.39. The van der Waals surface area contributed by atoms with Crippen molar-refractivity contribution >= 4 is 51.2 Å². The predicted octanol–water partition coefficient (Wildman–Crippen LogP) is 3.94. The van der Waals surface area contributed by atoms with Crippen molar-refractivity contribution in [2.75, 3.05) is 23.9 Å². The maximum atomic E-state index is 15.0. The van der Waals surface area contributed by atoms with Gasteiger partial charge in [0.15, 0.2) is 15.6 Å². The number of amides is 1. The molecule has 1 saturated heterocycles. The molecule has 0 spiro atoms. The molecule has 1 fully saturated rings. The van der Waals surface area contributed by atoms with Crippen LogP contribution in [0, 0.1) is 11.7 Å². The van der Waals surface area contributed by atoms with E-state index in [2.05, 4.69) is 0 Å². The van der Waals surface area contributed by atoms with Gasteiger partial charge in [-0.2, -0.15) is 0 Å². The van der Waals surface area contributed by atoms with Crippen LogP contribution in [0.25, 0.3) is 0 Å². The third-order valence-corrected chi connectivity index (χ3v) is 8.38. The maximum Gasteiger partial charge on any atom is 0.245 e. The molecule has 0 unspecified atom stereocenters. The molecule has 0 bridgehead atoms. The molecule has 0 aromatic heterocycles. The first-order valence-electron chi connectivity index (χ1n) is 11.1. The molecule has 35 heavy (non-hydrogen) atoms. The van der Waals surface area contributed by atoms with E-state index in [0.29, 0.717) is 36.1 Å². The van der Waals surface area contributed by atoms with Gasteiger partial charge in [0, 0.05) is 24.7 Å². The van der Waals surface area contributed by atoms with Crippen LogP contribution in [0.3, 0.4) is 0 Å². The van der Waals surface area contributed by atoms with Crippen molar-refractivity contribution in [1.29, 1.82) is 0 Å². The quantitative estimate of drug-likeness (QED) is 0.552. The lowest BCUT2D eigenvalue weighted by molar-refractivity contribution is -0.119. The molecular formula is C24H27Cl2FN2O5S. The monoisotopic (exact) mass is 544 g/mol. The van der Waals surface area contributed by atoms with E-state index >= 15 is 4.39 Å². The summed E-state index contributed by atoms with van der Waals surface area (Å²) >= 11 is 5.94. The van der Waals surface area contributed by atoms with Gasteiger partial charge in [0.2, 0.25) is 5.91 Å². The molecule has 2 aromatic rings. The van der Waals surface area contributed by atoms with Crippen molar-refractivity contribution in [3.05, 3.63) is 58.4 Å². The number of hydrogen-bond acceptors (Lipinski definition) is 6. The zero-order chi connectivity index (χ0) is 24.5. The number of carbonyl (C=O) groups is 2. The highest BCUT2D eigenvalue weighted by molar-refractivity contribution is 7.91. The van der Waals surface area contributed by atoms with E-state index in [1.165, 1.54) is 11.0 Å². The third kappa shape index (κ3) is 6.21. The molecule has 1 atom stereocenters. The van der Waals surface area contributed by atoms with Crippen LogP contribution < -0.4 is 10.6 Å². The number of benzene rings is 2. The summed E-state index contributed by atoms with van der Waals surface area (Å²) in [7, 11) is -4.06. The molecule has 0 aliphatic carbocycles. The Morgan fingerprint density at radius 3 is 2.49 bits per heavy atom. The van der Waals surface area contributed by atoms with Gasteiger partial charge in [-0.05, 0) is 55.0 Å². The van der Waals surface area contributed by atoms with E-state index in [1.807, 2.05) is 0 Å². The van der Waals surface area contributed by atoms with Crippen LogP contribution in [0.1, 0.15) is 41.6 Å². The van der Waals surface area contributed by atoms with E-state index in [9.17, 15) is 18.0 Å². The Bertz CT molecular complexity index is 1200. The molecule has 4 rings (SSSR count). The number of sulfone groups is 1. The van der Waals surface area contributed by atoms with E-state index in [0.717, 1.165) is 18.9 Å². The van der Waals surface area contributed by atoms with Gasteiger partial charge in [-0.15, -0.1) is 12.4 Å². The number of ether oxygens (including phenoxy) is 1. The van der Waals surface area contributed by atoms with E-state index in [1.54, 1.807) is 24.3 Å². The van der Waals surface area contributed by atoms with Gasteiger partial charge >= 0.3 is 0 Å². The molecule has 2 heterocycles. The Morgan fingerprint density at radius 1 is 1.17 bits per heavy atom. The predicted molar refractivity (Wildman–Crippen MR) is 133 cm³/mol. The minimum absolute atomic E-state index is 0. The highest BCUT2D eigenvalue weighted by atomic mass is 35.5. The lowest BCUT2D eigenvalue weighted by Crippen LogP contribution is -2.45. The van der Waals surface area contributed by atoms with Crippen molar-refractivity contribution in [2.45, 2.75) is 43.2 Å². The lowest BCUT2D eigenvalue weighted by Gasteiger charge is -2.25. The maximum absolute atomic E-state index is 15.0. The average Bonchev–Trinajstić information content (AvgIpc) is 2.87. The van der Waals surface area contributed by atoms with E-state index in [-0.39, 0.29) is 41.5 Å². The van der Waals surface area contributed by atoms with Crippen molar-refractivity contribution in [3.8, 4) is 0 Å². The van der Waals surface area contributed by atoms with Crippen LogP contribution in [0.5, 0.6) is 0 Å². The highest BCUT2D eigenvalue weighted by Gasteiger charge is 2.37. The number of anilines is 1. The zero-order valence-electron chi connectivity index (χ0n) is 18.9. The van der Waals surface area contributed by atoms with Gasteiger partial charge in [-0.1, -0.05) is 23.7 Å². The Labute approximate surface area is 215 Å². The standard InChI is InChI=1S/C24H26ClFN2O5S.ClH/c25-17-4-1-16(2-5-17)13-28-21-11-18(22(29)6-3-15-7-9-33-10-8-15)19(26)12-23(21)34(31,32)14-20(27)24(28)30;/h1-2,4-5,11-12,15,20H,3,6-10,13-14,27H2;1H/t20-;/m0./s1. The van der Waals surface area contributed by atoms with Crippen molar-refractivity contribution in [1.82, 2.24) is 0 Å². The molecular weight excluding hydrogens is 518 g/mol. The average molecular weight is 545 g/mol. The molecule has 2 N–H and O–H groups in total. The van der Waals surface area contributed by atoms with Gasteiger partial charge in [0.1, 0.15) is 5.82 Å². The van der Waals surface area contributed by atoms with E-state index < -0.39 is 39.1 Å². The Morgan fingerprint density at radius 2 is 1.83 bits per heavy atom. The number of carbonyl (C=O) groups excluding carboxylic acids is 2. The van der Waals surface area contributed by atoms with Crippen molar-refractivity contribution < 1.29 is 27.1 Å². The first-order chi connectivity index (χ1) is 16.2. The second-order valence-electron chi connectivity index (χ2n) is 8.76. The first kappa shape index (κ1) is 27.5. The van der Waals surface area contributed by atoms with Gasteiger partial charge in [0.25, 0.3) is 0 Å². The van der Waals surface area contributed by atoms with Gasteiger partial charge in [-0.3, -0.25) is 9.59 Å². The summed E-state index contributed by atoms with van der Waals surface area (Å²) in [6.45, 7) is 1.28. The van der Waals surface area contributed by atoms with Gasteiger partial charge in [0.05, 0.1) is 34.5 Å². The summed E-state index contributed by atoms with van der Waals surface area (Å²) < 4.78 is 46.2. The van der Waals surface area contributed by atoms with Crippen LogP contribution in [0.2, 0.25) is 5.02 Å². The molecule has 2 aliphatic rings. The summed E-state index contributed by atoms with van der Waals surface area (Å²) in [6.07, 6.45) is 2.41. The van der Waals surface area contributed by atoms with Crippen LogP contribution in [-0.2, 0) is 25.9 Å². The second kappa shape index (κ2) is 11.3. The van der Waals surface area contributed by atoms with Gasteiger partial charge in [-0.25, -0.2) is 12.8 Å². The number of fused-ring (bicyclic) bond motifs is 1. The highest BCUT2D eigenvalue weighted by Crippen LogP contribution is 2.35. The molecule has 2 aliphatic heterocycles. The molecule has 190 valence electrons. The summed E-state index contributed by atoms with van der Waals surface area (Å²) in [5, 5.41) is 0.505. The molecule has 0 saturated carbocycles. The molecule has 2 aromatic carbocycles. The first-order valence-corrected chi connectivity index (χ1v) is 13.2. The Balaban J connectivity index is 0.00000342. The number of nitrogens with zero attached hydrogens (tertiary/aromatic N) is 1. The fraction of sp³-hybridized carbons (Fsp3) is 0.417. The second-order valence-corrected chi connectivity index (χ2v) is 11.2. The van der Waals surface area contributed by atoms with E-state index in [4.69, 9.17) is 22.1 Å². The number of Topliss-reactive ketones (excluding diaryl/α,β-unsaturated/α-hetero) is 1. The van der Waals surface area contributed by atoms with Gasteiger partial charge < -0.3 is 15.4 Å². The number of ketones is 1.